The number of nitrogens with one attached hydrogen (secondary N) is 1. The van der Waals surface area contributed by atoms with Gasteiger partial charge in [-0.3, -0.25) is 9.52 Å². The molecule has 0 atom stereocenters. The van der Waals surface area contributed by atoms with Crippen molar-refractivity contribution in [1.29, 1.82) is 0 Å². The summed E-state index contributed by atoms with van der Waals surface area (Å²) in [5.41, 5.74) is 1.56. The number of ether oxygens (including phenoxy) is 1. The molecule has 4 aromatic rings. The number of carbonyl (C=O) groups is 2. The Balaban J connectivity index is 1.63. The zero-order valence-electron chi connectivity index (χ0n) is 20.6. The van der Waals surface area contributed by atoms with E-state index in [9.17, 15) is 23.1 Å². The molecule has 0 spiro atoms. The van der Waals surface area contributed by atoms with E-state index < -0.39 is 21.9 Å². The summed E-state index contributed by atoms with van der Waals surface area (Å²) in [5, 5.41) is 9.54. The first-order valence-corrected chi connectivity index (χ1v) is 13.6. The zero-order chi connectivity index (χ0) is 27.1. The monoisotopic (exact) mass is 530 g/mol. The van der Waals surface area contributed by atoms with Gasteiger partial charge in [0.25, 0.3) is 5.91 Å². The minimum Gasteiger partial charge on any atom is -0.478 e. The molecule has 8 nitrogen and oxygen atoms in total. The number of benzene rings is 4. The molecule has 0 aliphatic rings. The van der Waals surface area contributed by atoms with Gasteiger partial charge in [-0.2, -0.15) is 0 Å². The van der Waals surface area contributed by atoms with E-state index in [4.69, 9.17) is 4.74 Å². The summed E-state index contributed by atoms with van der Waals surface area (Å²) >= 11 is 0. The van der Waals surface area contributed by atoms with E-state index in [2.05, 4.69) is 4.72 Å². The van der Waals surface area contributed by atoms with Crippen LogP contribution in [0, 0.1) is 0 Å². The summed E-state index contributed by atoms with van der Waals surface area (Å²) in [6.45, 7) is 0.486. The Labute approximate surface area is 221 Å². The van der Waals surface area contributed by atoms with Crippen LogP contribution in [0.3, 0.4) is 0 Å². The number of rotatable bonds is 10. The first kappa shape index (κ1) is 26.4. The normalized spacial score (nSPS) is 11.0. The molecule has 9 heteroatoms. The summed E-state index contributed by atoms with van der Waals surface area (Å²) in [4.78, 5) is 27.0. The van der Waals surface area contributed by atoms with Crippen molar-refractivity contribution >= 4 is 27.6 Å². The van der Waals surface area contributed by atoms with Gasteiger partial charge in [-0.15, -0.1) is 0 Å². The summed E-state index contributed by atoms with van der Waals surface area (Å²) < 4.78 is 31.6. The fourth-order valence-corrected chi connectivity index (χ4v) is 4.39. The molecule has 38 heavy (non-hydrogen) atoms. The molecule has 0 fully saturated rings. The molecule has 0 bridgehead atoms. The highest BCUT2D eigenvalue weighted by Crippen LogP contribution is 2.24. The second-order valence-electron chi connectivity index (χ2n) is 8.68. The van der Waals surface area contributed by atoms with Crippen molar-refractivity contribution in [3.8, 4) is 11.5 Å². The van der Waals surface area contributed by atoms with Crippen molar-refractivity contribution in [2.75, 3.05) is 11.0 Å². The van der Waals surface area contributed by atoms with Crippen molar-refractivity contribution in [3.63, 3.8) is 0 Å². The average molecular weight is 531 g/mol. The smallest absolute Gasteiger partial charge is 0.335 e. The molecule has 0 aliphatic carbocycles. The molecule has 0 saturated heterocycles. The summed E-state index contributed by atoms with van der Waals surface area (Å²) in [6, 6.07) is 29.9. The van der Waals surface area contributed by atoms with Gasteiger partial charge in [-0.1, -0.05) is 60.7 Å². The number of para-hydroxylation sites is 1. The van der Waals surface area contributed by atoms with E-state index in [-0.39, 0.29) is 29.9 Å². The minimum atomic E-state index is -3.69. The van der Waals surface area contributed by atoms with Crippen molar-refractivity contribution in [1.82, 2.24) is 4.90 Å². The van der Waals surface area contributed by atoms with E-state index >= 15 is 0 Å². The van der Waals surface area contributed by atoms with E-state index in [0.717, 1.165) is 17.4 Å². The lowest BCUT2D eigenvalue weighted by molar-refractivity contribution is 0.0697. The van der Waals surface area contributed by atoms with Crippen molar-refractivity contribution in [3.05, 3.63) is 125 Å². The highest BCUT2D eigenvalue weighted by Gasteiger charge is 2.20. The van der Waals surface area contributed by atoms with Crippen LogP contribution in [-0.4, -0.2) is 36.6 Å². The quantitative estimate of drug-likeness (QED) is 0.284. The van der Waals surface area contributed by atoms with Gasteiger partial charge in [0.1, 0.15) is 11.5 Å². The highest BCUT2D eigenvalue weighted by atomic mass is 32.2. The molecule has 0 radical (unpaired) electrons. The predicted octanol–water partition coefficient (Wildman–Crippen LogP) is 5.39. The van der Waals surface area contributed by atoms with E-state index in [0.29, 0.717) is 11.5 Å². The zero-order valence-corrected chi connectivity index (χ0v) is 21.4. The third-order valence-corrected chi connectivity index (χ3v) is 6.12. The van der Waals surface area contributed by atoms with Gasteiger partial charge in [0, 0.05) is 18.7 Å². The lowest BCUT2D eigenvalue weighted by Gasteiger charge is -2.24. The van der Waals surface area contributed by atoms with E-state index in [1.165, 1.54) is 18.2 Å². The molecular weight excluding hydrogens is 504 g/mol. The Morgan fingerprint density at radius 2 is 1.29 bits per heavy atom. The van der Waals surface area contributed by atoms with Gasteiger partial charge in [0.15, 0.2) is 0 Å². The molecule has 0 heterocycles. The van der Waals surface area contributed by atoms with Gasteiger partial charge < -0.3 is 14.7 Å². The average Bonchev–Trinajstić information content (AvgIpc) is 2.89. The summed E-state index contributed by atoms with van der Waals surface area (Å²) in [7, 11) is -3.69. The molecule has 2 N–H and O–H groups in total. The Hall–Kier alpha value is -4.63. The Morgan fingerprint density at radius 3 is 1.87 bits per heavy atom. The van der Waals surface area contributed by atoms with Crippen molar-refractivity contribution < 1.29 is 27.9 Å². The fraction of sp³-hybridized carbons (Fsp3) is 0.103. The van der Waals surface area contributed by atoms with Crippen molar-refractivity contribution in [2.24, 2.45) is 0 Å². The maximum atomic E-state index is 13.7. The van der Waals surface area contributed by atoms with Crippen LogP contribution in [0.4, 0.5) is 5.69 Å². The minimum absolute atomic E-state index is 0.00201. The molecule has 0 aliphatic heterocycles. The Kier molecular flexibility index (Phi) is 8.08. The Bertz CT molecular complexity index is 1520. The van der Waals surface area contributed by atoms with Crippen LogP contribution < -0.4 is 9.46 Å². The second-order valence-corrected chi connectivity index (χ2v) is 10.4. The maximum absolute atomic E-state index is 13.7. The summed E-state index contributed by atoms with van der Waals surface area (Å²) in [6.07, 6.45) is 0.953. The number of carboxylic acid groups (broad SMARTS) is 1. The number of sulfonamides is 1. The number of anilines is 1. The molecule has 194 valence electrons. The van der Waals surface area contributed by atoms with Crippen LogP contribution in [0.15, 0.2) is 103 Å². The van der Waals surface area contributed by atoms with Gasteiger partial charge in [0.2, 0.25) is 10.0 Å². The van der Waals surface area contributed by atoms with Crippen LogP contribution in [0.5, 0.6) is 11.5 Å². The van der Waals surface area contributed by atoms with Gasteiger partial charge >= 0.3 is 5.97 Å². The van der Waals surface area contributed by atoms with Crippen LogP contribution in [0.2, 0.25) is 0 Å². The topological polar surface area (TPSA) is 113 Å². The SMILES string of the molecule is CS(=O)(=O)Nc1cc(C(=O)O)cc(C(=O)N(Cc2ccccc2)Cc2ccc(Oc3ccccc3)cc2)c1. The third kappa shape index (κ3) is 7.44. The lowest BCUT2D eigenvalue weighted by Crippen LogP contribution is -2.30. The third-order valence-electron chi connectivity index (χ3n) is 5.51. The number of nitrogens with zero attached hydrogens (tertiary/aromatic N) is 1. The number of hydrogen-bond acceptors (Lipinski definition) is 5. The van der Waals surface area contributed by atoms with E-state index in [1.807, 2.05) is 84.9 Å². The van der Waals surface area contributed by atoms with E-state index in [1.54, 1.807) is 4.90 Å². The molecular formula is C29H26N2O6S. The molecule has 0 unspecified atom stereocenters. The van der Waals surface area contributed by atoms with Crippen LogP contribution >= 0.6 is 0 Å². The molecule has 1 amide bonds. The standard InChI is InChI=1S/C29H26N2O6S/c1-38(35,36)30-25-17-23(16-24(18-25)29(33)34)28(32)31(19-21-8-4-2-5-9-21)20-22-12-14-27(15-13-22)37-26-10-6-3-7-11-26/h2-18,30H,19-20H2,1H3,(H,33,34). The number of carboxylic acids is 1. The molecule has 0 saturated carbocycles. The molecule has 4 rings (SSSR count). The molecule has 4 aromatic carbocycles. The predicted molar refractivity (Wildman–Crippen MR) is 145 cm³/mol. The first-order chi connectivity index (χ1) is 18.2. The van der Waals surface area contributed by atoms with Gasteiger partial charge in [-0.25, -0.2) is 13.2 Å². The van der Waals surface area contributed by atoms with Crippen LogP contribution in [-0.2, 0) is 23.1 Å². The summed E-state index contributed by atoms with van der Waals surface area (Å²) in [5.74, 6) is -0.373. The number of carbonyl (C=O) groups excluding carboxylic acids is 1. The van der Waals surface area contributed by atoms with Gasteiger partial charge in [-0.05, 0) is 53.6 Å². The second kappa shape index (κ2) is 11.6. The van der Waals surface area contributed by atoms with Crippen LogP contribution in [0.25, 0.3) is 0 Å². The largest absolute Gasteiger partial charge is 0.478 e. The first-order valence-electron chi connectivity index (χ1n) is 11.7. The van der Waals surface area contributed by atoms with Crippen LogP contribution in [0.1, 0.15) is 31.8 Å². The maximum Gasteiger partial charge on any atom is 0.335 e. The van der Waals surface area contributed by atoms with Crippen molar-refractivity contribution in [2.45, 2.75) is 13.1 Å². The number of aromatic carboxylic acids is 1. The highest BCUT2D eigenvalue weighted by molar-refractivity contribution is 7.92. The molecule has 0 aromatic heterocycles. The number of amides is 1. The van der Waals surface area contributed by atoms with Gasteiger partial charge in [0.05, 0.1) is 17.5 Å². The fourth-order valence-electron chi connectivity index (χ4n) is 3.84. The Morgan fingerprint density at radius 1 is 0.763 bits per heavy atom. The lowest BCUT2D eigenvalue weighted by atomic mass is 10.1. The number of hydrogen-bond donors (Lipinski definition) is 2.